The van der Waals surface area contributed by atoms with Gasteiger partial charge in [-0.1, -0.05) is 35.3 Å². The van der Waals surface area contributed by atoms with Crippen molar-refractivity contribution in [1.82, 2.24) is 0 Å². The van der Waals surface area contributed by atoms with Crippen LogP contribution in [-0.4, -0.2) is 24.8 Å². The molecule has 0 saturated heterocycles. The normalized spacial score (nSPS) is 13.4. The zero-order chi connectivity index (χ0) is 17.4. The van der Waals surface area contributed by atoms with Crippen LogP contribution in [0.1, 0.15) is 21.5 Å². The molecule has 0 atom stereocenters. The molecule has 0 unspecified atom stereocenters. The fourth-order valence-electron chi connectivity index (χ4n) is 2.68. The first-order valence-electron chi connectivity index (χ1n) is 7.44. The molecule has 1 aliphatic rings. The van der Waals surface area contributed by atoms with E-state index < -0.39 is 11.7 Å². The van der Waals surface area contributed by atoms with Gasteiger partial charge in [0.05, 0.1) is 22.8 Å². The van der Waals surface area contributed by atoms with Crippen molar-refractivity contribution in [3.8, 4) is 5.75 Å². The predicted octanol–water partition coefficient (Wildman–Crippen LogP) is 4.22. The Bertz CT molecular complexity index is 848. The second kappa shape index (κ2) is 6.46. The molecule has 2 aromatic rings. The van der Waals surface area contributed by atoms with E-state index in [0.29, 0.717) is 10.7 Å². The highest BCUT2D eigenvalue weighted by Gasteiger charge is 2.37. The first-order chi connectivity index (χ1) is 11.4. The minimum Gasteiger partial charge on any atom is -0.491 e. The van der Waals surface area contributed by atoms with E-state index in [2.05, 4.69) is 0 Å². The fourth-order valence-corrected chi connectivity index (χ4v) is 3.27. The second-order valence-corrected chi connectivity index (χ2v) is 6.53. The Labute approximate surface area is 149 Å². The van der Waals surface area contributed by atoms with Crippen molar-refractivity contribution in [2.75, 3.05) is 18.1 Å². The van der Waals surface area contributed by atoms with E-state index in [0.717, 1.165) is 16.9 Å². The Balaban J connectivity index is 1.78. The minimum absolute atomic E-state index is 0.228. The number of nitrogens with zero attached hydrogens (tertiary/aromatic N) is 1. The van der Waals surface area contributed by atoms with Crippen LogP contribution >= 0.6 is 23.2 Å². The van der Waals surface area contributed by atoms with Gasteiger partial charge in [-0.3, -0.25) is 14.5 Å². The first kappa shape index (κ1) is 16.8. The van der Waals surface area contributed by atoms with Gasteiger partial charge in [0.1, 0.15) is 12.4 Å². The number of hydrogen-bond donors (Lipinski definition) is 0. The maximum atomic E-state index is 12.2. The molecule has 0 aliphatic carbocycles. The number of carbonyl (C=O) groups is 2. The van der Waals surface area contributed by atoms with Crippen LogP contribution in [0.25, 0.3) is 0 Å². The monoisotopic (exact) mass is 363 g/mol. The summed E-state index contributed by atoms with van der Waals surface area (Å²) in [4.78, 5) is 25.7. The van der Waals surface area contributed by atoms with Gasteiger partial charge in [-0.25, -0.2) is 0 Å². The van der Waals surface area contributed by atoms with Crippen molar-refractivity contribution in [3.05, 3.63) is 57.1 Å². The standard InChI is InChI=1S/C18H15Cl2NO3/c1-10-3-4-11(2)15(7-10)24-6-5-21-16-13(17(22)18(21)23)8-12(19)9-14(16)20/h3-4,7-9H,5-6H2,1-2H3. The highest BCUT2D eigenvalue weighted by molar-refractivity contribution is 6.54. The third-order valence-corrected chi connectivity index (χ3v) is 4.40. The molecule has 1 heterocycles. The molecule has 0 aromatic heterocycles. The molecule has 3 rings (SSSR count). The smallest absolute Gasteiger partial charge is 0.299 e. The van der Waals surface area contributed by atoms with Gasteiger partial charge in [0.15, 0.2) is 0 Å². The SMILES string of the molecule is Cc1ccc(C)c(OCCN2C(=O)C(=O)c3cc(Cl)cc(Cl)c32)c1. The van der Waals surface area contributed by atoms with Crippen LogP contribution in [0.3, 0.4) is 0 Å². The number of rotatable bonds is 4. The minimum atomic E-state index is -0.612. The van der Waals surface area contributed by atoms with Crippen molar-refractivity contribution in [3.63, 3.8) is 0 Å². The van der Waals surface area contributed by atoms with Crippen LogP contribution in [0.2, 0.25) is 10.0 Å². The van der Waals surface area contributed by atoms with Crippen molar-refractivity contribution in [2.24, 2.45) is 0 Å². The van der Waals surface area contributed by atoms with Crippen LogP contribution < -0.4 is 9.64 Å². The van der Waals surface area contributed by atoms with Gasteiger partial charge < -0.3 is 4.74 Å². The van der Waals surface area contributed by atoms with Crippen molar-refractivity contribution in [2.45, 2.75) is 13.8 Å². The van der Waals surface area contributed by atoms with Gasteiger partial charge in [-0.05, 0) is 43.2 Å². The highest BCUT2D eigenvalue weighted by atomic mass is 35.5. The zero-order valence-corrected chi connectivity index (χ0v) is 14.7. The molecule has 0 fully saturated rings. The lowest BCUT2D eigenvalue weighted by Crippen LogP contribution is -2.33. The van der Waals surface area contributed by atoms with Gasteiger partial charge >= 0.3 is 0 Å². The van der Waals surface area contributed by atoms with Crippen LogP contribution in [0.15, 0.2) is 30.3 Å². The number of hydrogen-bond acceptors (Lipinski definition) is 3. The lowest BCUT2D eigenvalue weighted by molar-refractivity contribution is -0.114. The maximum absolute atomic E-state index is 12.2. The van der Waals surface area contributed by atoms with Crippen molar-refractivity contribution in [1.29, 1.82) is 0 Å². The van der Waals surface area contributed by atoms with E-state index in [1.165, 1.54) is 17.0 Å². The summed E-state index contributed by atoms with van der Waals surface area (Å²) in [5.74, 6) is -0.449. The molecule has 24 heavy (non-hydrogen) atoms. The van der Waals surface area contributed by atoms with Gasteiger partial charge in [0.25, 0.3) is 11.7 Å². The molecule has 0 bridgehead atoms. The first-order valence-corrected chi connectivity index (χ1v) is 8.19. The molecule has 0 spiro atoms. The molecule has 2 aromatic carbocycles. The van der Waals surface area contributed by atoms with Crippen LogP contribution in [-0.2, 0) is 4.79 Å². The number of benzene rings is 2. The number of carbonyl (C=O) groups excluding carboxylic acids is 2. The third-order valence-electron chi connectivity index (χ3n) is 3.90. The van der Waals surface area contributed by atoms with E-state index in [9.17, 15) is 9.59 Å². The maximum Gasteiger partial charge on any atom is 0.299 e. The van der Waals surface area contributed by atoms with Gasteiger partial charge in [-0.2, -0.15) is 0 Å². The number of anilines is 1. The molecule has 1 aliphatic heterocycles. The summed E-state index contributed by atoms with van der Waals surface area (Å²) in [6.07, 6.45) is 0. The number of halogens is 2. The fraction of sp³-hybridized carbons (Fsp3) is 0.222. The third kappa shape index (κ3) is 2.99. The summed E-state index contributed by atoms with van der Waals surface area (Å²) in [6.45, 7) is 4.41. The Morgan fingerprint density at radius 2 is 1.83 bits per heavy atom. The number of fused-ring (bicyclic) bond motifs is 1. The molecule has 124 valence electrons. The number of amides is 1. The van der Waals surface area contributed by atoms with Gasteiger partial charge in [-0.15, -0.1) is 0 Å². The van der Waals surface area contributed by atoms with E-state index in [1.807, 2.05) is 32.0 Å². The van der Waals surface area contributed by atoms with Crippen LogP contribution in [0.5, 0.6) is 5.75 Å². The number of aryl methyl sites for hydroxylation is 2. The summed E-state index contributed by atoms with van der Waals surface area (Å²) in [6, 6.07) is 8.90. The summed E-state index contributed by atoms with van der Waals surface area (Å²) >= 11 is 12.1. The summed E-state index contributed by atoms with van der Waals surface area (Å²) in [7, 11) is 0. The highest BCUT2D eigenvalue weighted by Crippen LogP contribution is 2.38. The van der Waals surface area contributed by atoms with Crippen molar-refractivity contribution < 1.29 is 14.3 Å². The Morgan fingerprint density at radius 3 is 2.58 bits per heavy atom. The average Bonchev–Trinajstić information content (AvgIpc) is 2.76. The lowest BCUT2D eigenvalue weighted by atomic mass is 10.1. The number of ketones is 1. The Kier molecular flexibility index (Phi) is 4.52. The molecule has 1 amide bonds. The molecular formula is C18H15Cl2NO3. The summed E-state index contributed by atoms with van der Waals surface area (Å²) < 4.78 is 5.77. The van der Waals surface area contributed by atoms with Crippen LogP contribution in [0.4, 0.5) is 5.69 Å². The van der Waals surface area contributed by atoms with E-state index in [4.69, 9.17) is 27.9 Å². The van der Waals surface area contributed by atoms with E-state index in [-0.39, 0.29) is 23.7 Å². The van der Waals surface area contributed by atoms with Crippen molar-refractivity contribution >= 4 is 40.6 Å². The lowest BCUT2D eigenvalue weighted by Gasteiger charge is -2.18. The Morgan fingerprint density at radius 1 is 1.08 bits per heavy atom. The van der Waals surface area contributed by atoms with Crippen LogP contribution in [0, 0.1) is 13.8 Å². The number of Topliss-reactive ketones (excluding diaryl/α,β-unsaturated/α-hetero) is 1. The number of ether oxygens (including phenoxy) is 1. The molecule has 4 nitrogen and oxygen atoms in total. The molecule has 6 heteroatoms. The molecular weight excluding hydrogens is 349 g/mol. The quantitative estimate of drug-likeness (QED) is 0.764. The Hall–Kier alpha value is -2.04. The van der Waals surface area contributed by atoms with E-state index in [1.54, 1.807) is 0 Å². The zero-order valence-electron chi connectivity index (χ0n) is 13.2. The average molecular weight is 364 g/mol. The topological polar surface area (TPSA) is 46.6 Å². The molecule has 0 N–H and O–H groups in total. The van der Waals surface area contributed by atoms with E-state index >= 15 is 0 Å². The largest absolute Gasteiger partial charge is 0.491 e. The van der Waals surface area contributed by atoms with Gasteiger partial charge in [0.2, 0.25) is 0 Å². The summed E-state index contributed by atoms with van der Waals surface area (Å²) in [5, 5.41) is 0.608. The summed E-state index contributed by atoms with van der Waals surface area (Å²) in [5.41, 5.74) is 2.74. The molecule has 0 radical (unpaired) electrons. The second-order valence-electron chi connectivity index (χ2n) is 5.69. The molecule has 0 saturated carbocycles. The predicted molar refractivity (Wildman–Crippen MR) is 94.6 cm³/mol. The van der Waals surface area contributed by atoms with Gasteiger partial charge in [0, 0.05) is 5.02 Å².